The second-order valence-electron chi connectivity index (χ2n) is 3.72. The number of hydrogen-bond acceptors (Lipinski definition) is 2. The van der Waals surface area contributed by atoms with Gasteiger partial charge in [-0.1, -0.05) is 0 Å². The maximum atomic E-state index is 13.2. The number of benzene rings is 1. The first-order chi connectivity index (χ1) is 7.90. The number of hydrogen-bond donors (Lipinski definition) is 2. The van der Waals surface area contributed by atoms with Crippen molar-refractivity contribution >= 4 is 11.7 Å². The summed E-state index contributed by atoms with van der Waals surface area (Å²) in [6.07, 6.45) is 0.174. The molecule has 0 aliphatic heterocycles. The van der Waals surface area contributed by atoms with E-state index in [1.165, 1.54) is 0 Å². The average molecular weight is 247 g/mol. The molecule has 0 saturated heterocycles. The summed E-state index contributed by atoms with van der Waals surface area (Å²) in [5, 5.41) is 11.0. The van der Waals surface area contributed by atoms with Crippen LogP contribution in [0.2, 0.25) is 0 Å². The van der Waals surface area contributed by atoms with E-state index in [-0.39, 0.29) is 24.6 Å². The number of carboxylic acid groups (broad SMARTS) is 1. The van der Waals surface area contributed by atoms with E-state index >= 15 is 0 Å². The highest BCUT2D eigenvalue weighted by molar-refractivity contribution is 5.66. The molecule has 2 N–H and O–H groups in total. The van der Waals surface area contributed by atoms with Crippen molar-refractivity contribution in [2.24, 2.45) is 0 Å². The SMILES string of the molecule is CC(CCC(=O)O)Nc1cc(F)c(F)cc1F. The van der Waals surface area contributed by atoms with Crippen LogP contribution in [0.4, 0.5) is 18.9 Å². The first-order valence-corrected chi connectivity index (χ1v) is 5.03. The fourth-order valence-corrected chi connectivity index (χ4v) is 1.31. The summed E-state index contributed by atoms with van der Waals surface area (Å²) in [5.41, 5.74) is -0.179. The standard InChI is InChI=1S/C11H12F3NO2/c1-6(2-3-11(16)17)15-10-5-8(13)7(12)4-9(10)14/h4-6,15H,2-3H2,1H3,(H,16,17). The number of halogens is 3. The van der Waals surface area contributed by atoms with Crippen LogP contribution in [-0.4, -0.2) is 17.1 Å². The van der Waals surface area contributed by atoms with Gasteiger partial charge in [-0.3, -0.25) is 4.79 Å². The van der Waals surface area contributed by atoms with Gasteiger partial charge in [-0.15, -0.1) is 0 Å². The van der Waals surface area contributed by atoms with Crippen LogP contribution in [0, 0.1) is 17.5 Å². The predicted molar refractivity (Wildman–Crippen MR) is 56.3 cm³/mol. The van der Waals surface area contributed by atoms with Crippen molar-refractivity contribution in [1.82, 2.24) is 0 Å². The minimum atomic E-state index is -1.26. The van der Waals surface area contributed by atoms with Gasteiger partial charge in [0.2, 0.25) is 0 Å². The van der Waals surface area contributed by atoms with Gasteiger partial charge in [-0.25, -0.2) is 13.2 Å². The van der Waals surface area contributed by atoms with Crippen molar-refractivity contribution in [2.75, 3.05) is 5.32 Å². The third kappa shape index (κ3) is 3.97. The maximum Gasteiger partial charge on any atom is 0.303 e. The Balaban J connectivity index is 2.68. The van der Waals surface area contributed by atoms with E-state index in [2.05, 4.69) is 5.32 Å². The summed E-state index contributed by atoms with van der Waals surface area (Å²) in [6.45, 7) is 1.63. The minimum absolute atomic E-state index is 0.0839. The quantitative estimate of drug-likeness (QED) is 0.786. The van der Waals surface area contributed by atoms with Gasteiger partial charge in [0.25, 0.3) is 0 Å². The van der Waals surface area contributed by atoms with Gasteiger partial charge in [0.1, 0.15) is 5.82 Å². The highest BCUT2D eigenvalue weighted by Gasteiger charge is 2.12. The molecular weight excluding hydrogens is 235 g/mol. The number of carboxylic acids is 1. The van der Waals surface area contributed by atoms with Crippen molar-refractivity contribution in [3.05, 3.63) is 29.6 Å². The number of rotatable bonds is 5. The molecule has 0 heterocycles. The topological polar surface area (TPSA) is 49.3 Å². The van der Waals surface area contributed by atoms with Crippen LogP contribution in [0.25, 0.3) is 0 Å². The molecule has 0 aliphatic carbocycles. The first kappa shape index (κ1) is 13.3. The van der Waals surface area contributed by atoms with Gasteiger partial charge < -0.3 is 10.4 Å². The second-order valence-corrected chi connectivity index (χ2v) is 3.72. The zero-order valence-electron chi connectivity index (χ0n) is 9.14. The van der Waals surface area contributed by atoms with Crippen LogP contribution in [0.5, 0.6) is 0 Å². The number of anilines is 1. The van der Waals surface area contributed by atoms with E-state index in [1.54, 1.807) is 6.92 Å². The Labute approximate surface area is 96.3 Å². The zero-order chi connectivity index (χ0) is 13.0. The predicted octanol–water partition coefficient (Wildman–Crippen LogP) is 2.77. The molecule has 17 heavy (non-hydrogen) atoms. The van der Waals surface area contributed by atoms with Crippen molar-refractivity contribution in [2.45, 2.75) is 25.8 Å². The number of aliphatic carboxylic acids is 1. The van der Waals surface area contributed by atoms with Crippen LogP contribution >= 0.6 is 0 Å². The number of nitrogens with one attached hydrogen (secondary N) is 1. The Morgan fingerprint density at radius 1 is 1.29 bits per heavy atom. The van der Waals surface area contributed by atoms with Gasteiger partial charge in [0.05, 0.1) is 5.69 Å². The Morgan fingerprint density at radius 3 is 2.47 bits per heavy atom. The van der Waals surface area contributed by atoms with Crippen molar-refractivity contribution in [3.63, 3.8) is 0 Å². The lowest BCUT2D eigenvalue weighted by atomic mass is 10.1. The zero-order valence-corrected chi connectivity index (χ0v) is 9.14. The molecule has 6 heteroatoms. The summed E-state index contributed by atoms with van der Waals surface area (Å²) >= 11 is 0. The van der Waals surface area contributed by atoms with Gasteiger partial charge in [-0.2, -0.15) is 0 Å². The van der Waals surface area contributed by atoms with Crippen LogP contribution in [0.15, 0.2) is 12.1 Å². The Kier molecular flexibility index (Phi) is 4.37. The van der Waals surface area contributed by atoms with Crippen molar-refractivity contribution in [1.29, 1.82) is 0 Å². The van der Waals surface area contributed by atoms with E-state index in [0.29, 0.717) is 12.1 Å². The molecule has 3 nitrogen and oxygen atoms in total. The summed E-state index contributed by atoms with van der Waals surface area (Å²) in [6, 6.07) is 0.800. The van der Waals surface area contributed by atoms with E-state index in [0.717, 1.165) is 0 Å². The molecule has 1 unspecified atom stereocenters. The largest absolute Gasteiger partial charge is 0.481 e. The first-order valence-electron chi connectivity index (χ1n) is 5.03. The molecule has 94 valence electrons. The Bertz CT molecular complexity index is 423. The fraction of sp³-hybridized carbons (Fsp3) is 0.364. The summed E-state index contributed by atoms with van der Waals surface area (Å²) < 4.78 is 38.7. The van der Waals surface area contributed by atoms with E-state index in [4.69, 9.17) is 5.11 Å². The van der Waals surface area contributed by atoms with E-state index < -0.39 is 23.4 Å². The molecule has 0 saturated carbocycles. The molecular formula is C11H12F3NO2. The smallest absolute Gasteiger partial charge is 0.303 e. The second kappa shape index (κ2) is 5.56. The molecule has 1 aromatic carbocycles. The van der Waals surface area contributed by atoms with Crippen LogP contribution in [0.1, 0.15) is 19.8 Å². The van der Waals surface area contributed by atoms with Gasteiger partial charge >= 0.3 is 5.97 Å². The maximum absolute atomic E-state index is 13.2. The molecule has 1 aromatic rings. The Morgan fingerprint density at radius 2 is 1.88 bits per heavy atom. The van der Waals surface area contributed by atoms with E-state index in [1.807, 2.05) is 0 Å². The van der Waals surface area contributed by atoms with Crippen molar-refractivity contribution in [3.8, 4) is 0 Å². The molecule has 0 amide bonds. The molecule has 0 aliphatic rings. The average Bonchev–Trinajstić information content (AvgIpc) is 2.23. The van der Waals surface area contributed by atoms with Crippen LogP contribution < -0.4 is 5.32 Å². The molecule has 0 radical (unpaired) electrons. The van der Waals surface area contributed by atoms with Crippen LogP contribution in [0.3, 0.4) is 0 Å². The number of carbonyl (C=O) groups is 1. The summed E-state index contributed by atoms with van der Waals surface area (Å²) in [7, 11) is 0. The lowest BCUT2D eigenvalue weighted by Gasteiger charge is -2.15. The highest BCUT2D eigenvalue weighted by Crippen LogP contribution is 2.19. The van der Waals surface area contributed by atoms with Crippen molar-refractivity contribution < 1.29 is 23.1 Å². The van der Waals surface area contributed by atoms with Crippen LogP contribution in [-0.2, 0) is 4.79 Å². The third-order valence-corrected chi connectivity index (χ3v) is 2.20. The van der Waals surface area contributed by atoms with Gasteiger partial charge in [0, 0.05) is 24.6 Å². The van der Waals surface area contributed by atoms with Gasteiger partial charge in [-0.05, 0) is 13.3 Å². The molecule has 0 fully saturated rings. The molecule has 0 aromatic heterocycles. The molecule has 0 spiro atoms. The molecule has 0 bridgehead atoms. The summed E-state index contributed by atoms with van der Waals surface area (Å²) in [5.74, 6) is -4.29. The molecule has 1 rings (SSSR count). The lowest BCUT2D eigenvalue weighted by Crippen LogP contribution is -2.17. The minimum Gasteiger partial charge on any atom is -0.481 e. The third-order valence-electron chi connectivity index (χ3n) is 2.20. The monoisotopic (exact) mass is 247 g/mol. The lowest BCUT2D eigenvalue weighted by molar-refractivity contribution is -0.137. The summed E-state index contributed by atoms with van der Waals surface area (Å²) in [4.78, 5) is 10.3. The fourth-order valence-electron chi connectivity index (χ4n) is 1.31. The van der Waals surface area contributed by atoms with Gasteiger partial charge in [0.15, 0.2) is 11.6 Å². The normalized spacial score (nSPS) is 12.2. The Hall–Kier alpha value is -1.72. The molecule has 1 atom stereocenters. The highest BCUT2D eigenvalue weighted by atomic mass is 19.2. The van der Waals surface area contributed by atoms with E-state index in [9.17, 15) is 18.0 Å².